The number of likely N-dealkylation sites (N-methyl/N-ethyl adjacent to an activating group) is 2. The summed E-state index contributed by atoms with van der Waals surface area (Å²) in [6.07, 6.45) is 4.21. The van der Waals surface area contributed by atoms with Crippen molar-refractivity contribution in [2.75, 3.05) is 27.7 Å². The maximum absolute atomic E-state index is 14.0. The molecule has 1 aliphatic heterocycles. The lowest BCUT2D eigenvalue weighted by molar-refractivity contribution is -0.149. The van der Waals surface area contributed by atoms with Crippen molar-refractivity contribution in [2.45, 2.75) is 96.0 Å². The summed E-state index contributed by atoms with van der Waals surface area (Å²) in [6.45, 7) is 6.13. The quantitative estimate of drug-likeness (QED) is 0.269. The Hall–Kier alpha value is -3.84. The van der Waals surface area contributed by atoms with Crippen molar-refractivity contribution >= 4 is 41.0 Å². The van der Waals surface area contributed by atoms with Crippen LogP contribution in [0.25, 0.3) is 0 Å². The fourth-order valence-electron chi connectivity index (χ4n) is 6.30. The summed E-state index contributed by atoms with van der Waals surface area (Å²) in [7, 11) is 4.94. The van der Waals surface area contributed by atoms with E-state index in [1.54, 1.807) is 17.3 Å². The monoisotopic (exact) mass is 683 g/mol. The number of methoxy groups -OCH3 is 1. The third-order valence-corrected chi connectivity index (χ3v) is 10.1. The van der Waals surface area contributed by atoms with Crippen molar-refractivity contribution in [3.63, 3.8) is 0 Å². The highest BCUT2D eigenvalue weighted by molar-refractivity contribution is 7.09. The van der Waals surface area contributed by atoms with Crippen LogP contribution in [0.4, 0.5) is 0 Å². The molecule has 2 aromatic rings. The molecule has 0 bridgehead atoms. The molecule has 1 aromatic carbocycles. The Labute approximate surface area is 286 Å². The lowest BCUT2D eigenvalue weighted by atomic mass is 9.95. The normalized spacial score (nSPS) is 19.0. The van der Waals surface area contributed by atoms with Crippen molar-refractivity contribution in [1.29, 1.82) is 0 Å². The Balaban J connectivity index is 1.48. The number of carbonyl (C=O) groups is 5. The van der Waals surface area contributed by atoms with E-state index in [0.29, 0.717) is 5.01 Å². The maximum Gasteiger partial charge on any atom is 0.328 e. The molecule has 1 aliphatic carbocycles. The second-order valence-electron chi connectivity index (χ2n) is 13.2. The zero-order chi connectivity index (χ0) is 35.0. The number of amides is 3. The molecular formula is C35H49N5O7S. The summed E-state index contributed by atoms with van der Waals surface area (Å²) in [4.78, 5) is 73.5. The Bertz CT molecular complexity index is 1430. The summed E-state index contributed by atoms with van der Waals surface area (Å²) >= 11 is 1.16. The lowest BCUT2D eigenvalue weighted by Crippen LogP contribution is -2.56. The Morgan fingerprint density at radius 2 is 1.77 bits per heavy atom. The van der Waals surface area contributed by atoms with Gasteiger partial charge in [0.1, 0.15) is 22.8 Å². The Kier molecular flexibility index (Phi) is 13.1. The van der Waals surface area contributed by atoms with Crippen molar-refractivity contribution in [2.24, 2.45) is 11.8 Å². The number of likely N-dealkylation sites (tertiary alicyclic amines) is 1. The van der Waals surface area contributed by atoms with Gasteiger partial charge < -0.3 is 25.0 Å². The summed E-state index contributed by atoms with van der Waals surface area (Å²) in [6, 6.07) is 7.11. The fourth-order valence-corrected chi connectivity index (χ4v) is 7.14. The average Bonchev–Trinajstić information content (AvgIpc) is 3.79. The zero-order valence-corrected chi connectivity index (χ0v) is 29.6. The molecule has 4 rings (SSSR count). The molecule has 5 atom stereocenters. The Morgan fingerprint density at radius 1 is 1.06 bits per heavy atom. The molecule has 0 unspecified atom stereocenters. The zero-order valence-electron chi connectivity index (χ0n) is 28.8. The van der Waals surface area contributed by atoms with Crippen LogP contribution in [0, 0.1) is 11.8 Å². The number of thiazole rings is 1. The van der Waals surface area contributed by atoms with Crippen molar-refractivity contribution in [3.8, 4) is 0 Å². The maximum atomic E-state index is 14.0. The number of hydrogen-bond acceptors (Lipinski definition) is 10. The molecule has 3 amide bonds. The van der Waals surface area contributed by atoms with Crippen LogP contribution in [0.2, 0.25) is 0 Å². The van der Waals surface area contributed by atoms with E-state index in [0.717, 1.165) is 55.5 Å². The molecule has 2 heterocycles. The molecule has 2 fully saturated rings. The van der Waals surface area contributed by atoms with Crippen molar-refractivity contribution in [1.82, 2.24) is 25.4 Å². The van der Waals surface area contributed by atoms with Gasteiger partial charge in [0.25, 0.3) is 5.91 Å². The largest absolute Gasteiger partial charge is 0.467 e. The Morgan fingerprint density at radius 3 is 2.38 bits per heavy atom. The number of ether oxygens (including phenoxy) is 2. The van der Waals surface area contributed by atoms with Gasteiger partial charge in [-0.05, 0) is 56.7 Å². The predicted molar refractivity (Wildman–Crippen MR) is 181 cm³/mol. The molecule has 1 aromatic heterocycles. The fraction of sp³-hybridized carbons (Fsp3) is 0.600. The molecule has 1 saturated carbocycles. The SMILES string of the molecule is COC(=O)[C@H](Cc1ccccc1)NC(=O)c1csc([C@@H](C[C@H](C(C)C)N(C)C(=O)[C@@H](NC(=O)[C@H]2CCCCN2C)C2CC2)OC(C)=O)n1. The highest BCUT2D eigenvalue weighted by Crippen LogP contribution is 2.36. The van der Waals surface area contributed by atoms with E-state index >= 15 is 0 Å². The van der Waals surface area contributed by atoms with Crippen LogP contribution in [0.5, 0.6) is 0 Å². The van der Waals surface area contributed by atoms with Crippen molar-refractivity contribution < 1.29 is 33.4 Å². The average molecular weight is 684 g/mol. The van der Waals surface area contributed by atoms with Crippen LogP contribution in [-0.2, 0) is 35.1 Å². The van der Waals surface area contributed by atoms with Crippen molar-refractivity contribution in [3.05, 3.63) is 52.0 Å². The smallest absolute Gasteiger partial charge is 0.328 e. The van der Waals surface area contributed by atoms with E-state index in [2.05, 4.69) is 20.5 Å². The predicted octanol–water partition coefficient (Wildman–Crippen LogP) is 3.51. The third kappa shape index (κ3) is 9.85. The number of carbonyl (C=O) groups excluding carboxylic acids is 5. The van der Waals surface area contributed by atoms with Gasteiger partial charge >= 0.3 is 11.9 Å². The first-order chi connectivity index (χ1) is 22.9. The molecule has 2 aliphatic rings. The molecule has 262 valence electrons. The summed E-state index contributed by atoms with van der Waals surface area (Å²) in [5.41, 5.74) is 0.925. The third-order valence-electron chi connectivity index (χ3n) is 9.21. The summed E-state index contributed by atoms with van der Waals surface area (Å²) < 4.78 is 10.6. The summed E-state index contributed by atoms with van der Waals surface area (Å²) in [5, 5.41) is 7.75. The molecule has 12 nitrogen and oxygen atoms in total. The van der Waals surface area contributed by atoms with E-state index in [4.69, 9.17) is 9.47 Å². The van der Waals surface area contributed by atoms with Gasteiger partial charge in [0, 0.05) is 38.2 Å². The van der Waals surface area contributed by atoms with E-state index in [9.17, 15) is 24.0 Å². The van der Waals surface area contributed by atoms with E-state index < -0.39 is 36.0 Å². The van der Waals surface area contributed by atoms with Crippen LogP contribution < -0.4 is 10.6 Å². The molecule has 2 N–H and O–H groups in total. The number of nitrogens with zero attached hydrogens (tertiary/aromatic N) is 3. The van der Waals surface area contributed by atoms with Crippen LogP contribution in [0.3, 0.4) is 0 Å². The van der Waals surface area contributed by atoms with Crippen LogP contribution >= 0.6 is 11.3 Å². The minimum Gasteiger partial charge on any atom is -0.467 e. The number of aromatic nitrogens is 1. The lowest BCUT2D eigenvalue weighted by Gasteiger charge is -2.37. The van der Waals surface area contributed by atoms with E-state index in [1.807, 2.05) is 51.2 Å². The van der Waals surface area contributed by atoms with Gasteiger partial charge in [-0.15, -0.1) is 11.3 Å². The highest BCUT2D eigenvalue weighted by atomic mass is 32.1. The van der Waals surface area contributed by atoms with Crippen LogP contribution in [0.15, 0.2) is 35.7 Å². The summed E-state index contributed by atoms with van der Waals surface area (Å²) in [5.74, 6) is -1.89. The topological polar surface area (TPSA) is 147 Å². The van der Waals surface area contributed by atoms with Gasteiger partial charge in [0.15, 0.2) is 6.10 Å². The first-order valence-corrected chi connectivity index (χ1v) is 17.6. The minimum absolute atomic E-state index is 0.0291. The highest BCUT2D eigenvalue weighted by Gasteiger charge is 2.42. The second-order valence-corrected chi connectivity index (χ2v) is 14.1. The van der Waals surface area contributed by atoms with Gasteiger partial charge in [-0.25, -0.2) is 9.78 Å². The van der Waals surface area contributed by atoms with Gasteiger partial charge in [0.05, 0.1) is 13.2 Å². The van der Waals surface area contributed by atoms with E-state index in [-0.39, 0.29) is 54.3 Å². The van der Waals surface area contributed by atoms with Crippen LogP contribution in [0.1, 0.15) is 86.5 Å². The van der Waals surface area contributed by atoms with E-state index in [1.165, 1.54) is 14.0 Å². The van der Waals surface area contributed by atoms with Gasteiger partial charge in [0.2, 0.25) is 11.8 Å². The van der Waals surface area contributed by atoms with Gasteiger partial charge in [-0.2, -0.15) is 0 Å². The number of piperidine rings is 1. The number of rotatable bonds is 15. The number of esters is 2. The molecule has 0 spiro atoms. The number of nitrogens with one attached hydrogen (secondary N) is 2. The minimum atomic E-state index is -0.928. The molecule has 48 heavy (non-hydrogen) atoms. The molecule has 0 radical (unpaired) electrons. The first-order valence-electron chi connectivity index (χ1n) is 16.7. The molecular weight excluding hydrogens is 634 g/mol. The van der Waals surface area contributed by atoms with Crippen LogP contribution in [-0.4, -0.2) is 96.4 Å². The number of hydrogen-bond donors (Lipinski definition) is 2. The van der Waals surface area contributed by atoms with Gasteiger partial charge in [-0.1, -0.05) is 50.6 Å². The number of benzene rings is 1. The second kappa shape index (κ2) is 17.0. The van der Waals surface area contributed by atoms with Gasteiger partial charge in [-0.3, -0.25) is 24.1 Å². The first kappa shape index (κ1) is 37.0. The standard InChI is InChI=1S/C35H49N5O7S/c1-21(2)28(40(5)34(44)30(24-15-16-24)38-32(43)27-14-10-11-17-39(27)4)19-29(47-22(3)41)33-37-26(20-48-33)31(42)36-25(35(45)46-6)18-23-12-8-7-9-13-23/h7-9,12-13,20-21,24-25,27-30H,10-11,14-19H2,1-6H3,(H,36,42)(H,38,43)/t25-,27+,28+,29+,30-/m0/s1. The molecule has 1 saturated heterocycles. The molecule has 13 heteroatoms.